The molecule has 3 aromatic rings. The number of anilines is 1. The Kier molecular flexibility index (Phi) is 6.59. The van der Waals surface area contributed by atoms with E-state index in [0.29, 0.717) is 30.0 Å². The molecule has 9 nitrogen and oxygen atoms in total. The Morgan fingerprint density at radius 1 is 1.18 bits per heavy atom. The van der Waals surface area contributed by atoms with Crippen molar-refractivity contribution in [2.45, 2.75) is 31.1 Å². The van der Waals surface area contributed by atoms with Crippen molar-refractivity contribution in [1.82, 2.24) is 15.1 Å². The van der Waals surface area contributed by atoms with Gasteiger partial charge in [0.2, 0.25) is 5.91 Å². The first kappa shape index (κ1) is 27.6. The topological polar surface area (TPSA) is 119 Å². The molecule has 2 amide bonds. The minimum atomic E-state index is -4.51. The number of rotatable bonds is 6. The molecule has 0 bridgehead atoms. The van der Waals surface area contributed by atoms with E-state index in [1.165, 1.54) is 16.8 Å². The molecule has 2 aliphatic rings. The lowest BCUT2D eigenvalue weighted by Gasteiger charge is -2.36. The smallest absolute Gasteiger partial charge is 0.422 e. The van der Waals surface area contributed by atoms with Gasteiger partial charge in [0.15, 0.2) is 22.1 Å². The van der Waals surface area contributed by atoms with Crippen LogP contribution in [0.3, 0.4) is 0 Å². The van der Waals surface area contributed by atoms with Crippen molar-refractivity contribution in [3.63, 3.8) is 0 Å². The van der Waals surface area contributed by atoms with E-state index in [1.54, 1.807) is 6.07 Å². The summed E-state index contributed by atoms with van der Waals surface area (Å²) in [6.45, 7) is -1.45. The summed E-state index contributed by atoms with van der Waals surface area (Å²) < 4.78 is 95.2. The SMILES string of the molecule is CS(=O)(=O)CC(=O)Nc1c(-c2cc(F)cc(F)c2)nn2c1C(=O)N[C@@]1(CCc3cc(OCC(F)(F)F)ccc31)C2. The molecule has 1 aromatic heterocycles. The third kappa shape index (κ3) is 5.50. The normalized spacial score (nSPS) is 18.3. The molecular formula is C25H21F5N4O5S. The average molecular weight is 585 g/mol. The number of carbonyl (C=O) groups is 2. The van der Waals surface area contributed by atoms with Gasteiger partial charge in [0, 0.05) is 17.9 Å². The third-order valence-corrected chi connectivity index (χ3v) is 7.34. The number of aryl methyl sites for hydroxylation is 1. The Balaban J connectivity index is 1.54. The molecule has 15 heteroatoms. The molecule has 212 valence electrons. The van der Waals surface area contributed by atoms with Gasteiger partial charge >= 0.3 is 6.18 Å². The maximum Gasteiger partial charge on any atom is 0.422 e. The monoisotopic (exact) mass is 584 g/mol. The fraction of sp³-hybridized carbons (Fsp3) is 0.320. The number of fused-ring (bicyclic) bond motifs is 3. The van der Waals surface area contributed by atoms with Gasteiger partial charge < -0.3 is 15.4 Å². The molecule has 0 unspecified atom stereocenters. The van der Waals surface area contributed by atoms with Crippen LogP contribution < -0.4 is 15.4 Å². The fourth-order valence-corrected chi connectivity index (χ4v) is 5.63. The molecule has 1 aliphatic heterocycles. The van der Waals surface area contributed by atoms with Crippen LogP contribution in [0.25, 0.3) is 11.3 Å². The summed E-state index contributed by atoms with van der Waals surface area (Å²) in [7, 11) is -3.75. The van der Waals surface area contributed by atoms with Crippen molar-refractivity contribution < 1.29 is 44.7 Å². The first-order valence-electron chi connectivity index (χ1n) is 11.8. The van der Waals surface area contributed by atoms with Crippen LogP contribution in [0, 0.1) is 11.6 Å². The van der Waals surface area contributed by atoms with Crippen LogP contribution in [0.2, 0.25) is 0 Å². The number of nitrogens with zero attached hydrogens (tertiary/aromatic N) is 2. The second-order valence-electron chi connectivity index (χ2n) is 9.77. The van der Waals surface area contributed by atoms with Crippen LogP contribution in [0.15, 0.2) is 36.4 Å². The maximum absolute atomic E-state index is 14.1. The molecular weight excluding hydrogens is 563 g/mol. The van der Waals surface area contributed by atoms with Crippen molar-refractivity contribution in [2.24, 2.45) is 0 Å². The highest BCUT2D eigenvalue weighted by Gasteiger charge is 2.46. The highest BCUT2D eigenvalue weighted by molar-refractivity contribution is 7.91. The number of carbonyl (C=O) groups excluding carboxylic acids is 2. The Labute approximate surface area is 224 Å². The molecule has 2 heterocycles. The molecule has 1 aliphatic carbocycles. The lowest BCUT2D eigenvalue weighted by atomic mass is 9.89. The van der Waals surface area contributed by atoms with E-state index in [4.69, 9.17) is 4.74 Å². The summed E-state index contributed by atoms with van der Waals surface area (Å²) in [5.41, 5.74) is -0.379. The average Bonchev–Trinajstić information content (AvgIpc) is 3.34. The zero-order valence-corrected chi connectivity index (χ0v) is 21.5. The van der Waals surface area contributed by atoms with Crippen molar-refractivity contribution >= 4 is 27.3 Å². The highest BCUT2D eigenvalue weighted by atomic mass is 32.2. The van der Waals surface area contributed by atoms with E-state index in [0.717, 1.165) is 18.4 Å². The largest absolute Gasteiger partial charge is 0.484 e. The Bertz CT molecular complexity index is 1630. The van der Waals surface area contributed by atoms with Gasteiger partial charge in [-0.2, -0.15) is 18.3 Å². The first-order chi connectivity index (χ1) is 18.6. The summed E-state index contributed by atoms with van der Waals surface area (Å²) in [5.74, 6) is -4.47. The minimum absolute atomic E-state index is 0.0105. The fourth-order valence-electron chi connectivity index (χ4n) is 5.08. The molecule has 40 heavy (non-hydrogen) atoms. The van der Waals surface area contributed by atoms with Crippen molar-refractivity contribution in [3.05, 3.63) is 64.9 Å². The summed E-state index contributed by atoms with van der Waals surface area (Å²) >= 11 is 0. The third-order valence-electron chi connectivity index (χ3n) is 6.55. The number of aromatic nitrogens is 2. The number of sulfone groups is 1. The van der Waals surface area contributed by atoms with E-state index >= 15 is 0 Å². The van der Waals surface area contributed by atoms with E-state index in [1.807, 2.05) is 0 Å². The number of hydrogen-bond donors (Lipinski definition) is 2. The van der Waals surface area contributed by atoms with Gasteiger partial charge in [0.1, 0.15) is 34.5 Å². The van der Waals surface area contributed by atoms with Crippen LogP contribution in [0.1, 0.15) is 28.0 Å². The van der Waals surface area contributed by atoms with Crippen LogP contribution in [-0.2, 0) is 33.1 Å². The predicted molar refractivity (Wildman–Crippen MR) is 131 cm³/mol. The van der Waals surface area contributed by atoms with E-state index < -0.39 is 57.4 Å². The van der Waals surface area contributed by atoms with Crippen molar-refractivity contribution in [2.75, 3.05) is 23.9 Å². The number of amides is 2. The molecule has 0 radical (unpaired) electrons. The van der Waals surface area contributed by atoms with Crippen LogP contribution in [0.4, 0.5) is 27.6 Å². The molecule has 0 fully saturated rings. The number of ether oxygens (including phenoxy) is 1. The van der Waals surface area contributed by atoms with Crippen molar-refractivity contribution in [1.29, 1.82) is 0 Å². The summed E-state index contributed by atoms with van der Waals surface area (Å²) in [5, 5.41) is 9.63. The maximum atomic E-state index is 14.1. The zero-order chi connectivity index (χ0) is 29.0. The standard InChI is InChI=1S/C25H21F5N4O5S/c1-40(37,38)10-19(35)31-21-20(14-6-15(26)9-16(27)7-14)33-34-11-24(32-23(36)22(21)34)5-4-13-8-17(2-3-18(13)24)39-12-25(28,29)30/h2-3,6-9H,4-5,10-12H2,1H3,(H,31,35)(H,32,36)/t24-/m0/s1. The molecule has 0 saturated carbocycles. The lowest BCUT2D eigenvalue weighted by molar-refractivity contribution is -0.153. The van der Waals surface area contributed by atoms with Gasteiger partial charge in [-0.3, -0.25) is 14.3 Å². The van der Waals surface area contributed by atoms with Gasteiger partial charge in [-0.25, -0.2) is 17.2 Å². The number of hydrogen-bond acceptors (Lipinski definition) is 6. The first-order valence-corrected chi connectivity index (χ1v) is 13.9. The molecule has 5 rings (SSSR count). The van der Waals surface area contributed by atoms with Gasteiger partial charge in [-0.1, -0.05) is 6.07 Å². The molecule has 2 N–H and O–H groups in total. The van der Waals surface area contributed by atoms with Gasteiger partial charge in [0.25, 0.3) is 5.91 Å². The summed E-state index contributed by atoms with van der Waals surface area (Å²) in [6.07, 6.45) is -2.91. The lowest BCUT2D eigenvalue weighted by Crippen LogP contribution is -2.52. The Hall–Kier alpha value is -4.01. The summed E-state index contributed by atoms with van der Waals surface area (Å²) in [6, 6.07) is 6.92. The van der Waals surface area contributed by atoms with E-state index in [-0.39, 0.29) is 34.9 Å². The minimum Gasteiger partial charge on any atom is -0.484 e. The predicted octanol–water partition coefficient (Wildman–Crippen LogP) is 3.34. The Morgan fingerprint density at radius 3 is 2.52 bits per heavy atom. The van der Waals surface area contributed by atoms with Gasteiger partial charge in [-0.05, 0) is 48.2 Å². The van der Waals surface area contributed by atoms with Crippen LogP contribution in [0.5, 0.6) is 5.75 Å². The molecule has 0 saturated heterocycles. The quantitative estimate of drug-likeness (QED) is 0.429. The van der Waals surface area contributed by atoms with Gasteiger partial charge in [0.05, 0.1) is 12.1 Å². The number of halogens is 5. The molecule has 1 atom stereocenters. The second-order valence-corrected chi connectivity index (χ2v) is 11.9. The van der Waals surface area contributed by atoms with Crippen molar-refractivity contribution in [3.8, 4) is 17.0 Å². The number of nitrogens with one attached hydrogen (secondary N) is 2. The highest BCUT2D eigenvalue weighted by Crippen LogP contribution is 2.44. The summed E-state index contributed by atoms with van der Waals surface area (Å²) in [4.78, 5) is 26.0. The number of benzene rings is 2. The Morgan fingerprint density at radius 2 is 1.88 bits per heavy atom. The van der Waals surface area contributed by atoms with Crippen LogP contribution in [-0.4, -0.2) is 54.8 Å². The van der Waals surface area contributed by atoms with E-state index in [9.17, 15) is 40.0 Å². The van der Waals surface area contributed by atoms with E-state index in [2.05, 4.69) is 15.7 Å². The molecule has 1 spiro atoms. The van der Waals surface area contributed by atoms with Crippen LogP contribution >= 0.6 is 0 Å². The number of alkyl halides is 3. The van der Waals surface area contributed by atoms with Gasteiger partial charge in [-0.15, -0.1) is 0 Å². The zero-order valence-electron chi connectivity index (χ0n) is 20.7. The second kappa shape index (κ2) is 9.57. The molecule has 2 aromatic carbocycles.